The van der Waals surface area contributed by atoms with Crippen LogP contribution in [0.25, 0.3) is 0 Å². The van der Waals surface area contributed by atoms with E-state index in [0.29, 0.717) is 12.0 Å². The van der Waals surface area contributed by atoms with Crippen LogP contribution in [-0.2, 0) is 6.54 Å². The summed E-state index contributed by atoms with van der Waals surface area (Å²) in [4.78, 5) is 6.72. The van der Waals surface area contributed by atoms with Gasteiger partial charge in [-0.3, -0.25) is 4.90 Å². The van der Waals surface area contributed by atoms with Crippen molar-refractivity contribution in [2.45, 2.75) is 32.4 Å². The highest BCUT2D eigenvalue weighted by atomic mass is 35.5. The topological polar surface area (TPSA) is 42.1 Å². The van der Waals surface area contributed by atoms with Gasteiger partial charge in [-0.2, -0.15) is 0 Å². The van der Waals surface area contributed by atoms with E-state index in [1.54, 1.807) is 17.5 Å². The number of aromatic nitrogens is 1. The normalized spacial score (nSPS) is 19.9. The van der Waals surface area contributed by atoms with Crippen molar-refractivity contribution in [1.82, 2.24) is 9.88 Å². The second-order valence-corrected chi connectivity index (χ2v) is 6.28. The molecule has 2 N–H and O–H groups in total. The quantitative estimate of drug-likeness (QED) is 0.932. The minimum Gasteiger partial charge on any atom is -0.328 e. The molecule has 17 heavy (non-hydrogen) atoms. The second-order valence-electron chi connectivity index (χ2n) is 4.53. The number of piperidine rings is 1. The van der Waals surface area contributed by atoms with Crippen LogP contribution in [-0.4, -0.2) is 29.0 Å². The van der Waals surface area contributed by atoms with Gasteiger partial charge in [0, 0.05) is 6.04 Å². The van der Waals surface area contributed by atoms with Gasteiger partial charge >= 0.3 is 0 Å². The SMILES string of the molecule is CC(N)C1CCN(Cc2ncc(Cl)s2)CC1.Cl. The molecule has 0 amide bonds. The van der Waals surface area contributed by atoms with Crippen LogP contribution in [0.1, 0.15) is 24.8 Å². The van der Waals surface area contributed by atoms with E-state index >= 15 is 0 Å². The molecule has 1 aliphatic rings. The first kappa shape index (κ1) is 15.2. The van der Waals surface area contributed by atoms with Gasteiger partial charge in [-0.05, 0) is 38.8 Å². The Kier molecular flexibility index (Phi) is 6.17. The minimum atomic E-state index is 0. The average molecular weight is 296 g/mol. The molecule has 1 saturated heterocycles. The number of thiazole rings is 1. The van der Waals surface area contributed by atoms with Crippen LogP contribution in [0.15, 0.2) is 6.20 Å². The third-order valence-corrected chi connectivity index (χ3v) is 4.36. The van der Waals surface area contributed by atoms with E-state index in [-0.39, 0.29) is 12.4 Å². The zero-order chi connectivity index (χ0) is 11.5. The Balaban J connectivity index is 0.00000144. The fraction of sp³-hybridized carbons (Fsp3) is 0.727. The summed E-state index contributed by atoms with van der Waals surface area (Å²) in [5, 5.41) is 1.12. The van der Waals surface area contributed by atoms with Crippen molar-refractivity contribution >= 4 is 35.3 Å². The maximum absolute atomic E-state index is 5.92. The molecule has 0 radical (unpaired) electrons. The maximum Gasteiger partial charge on any atom is 0.113 e. The lowest BCUT2D eigenvalue weighted by Crippen LogP contribution is -2.39. The summed E-state index contributed by atoms with van der Waals surface area (Å²) in [6.45, 7) is 5.30. The van der Waals surface area contributed by atoms with E-state index in [1.165, 1.54) is 12.8 Å². The molecule has 0 saturated carbocycles. The summed E-state index contributed by atoms with van der Waals surface area (Å²) in [5.41, 5.74) is 5.92. The molecular weight excluding hydrogens is 277 g/mol. The molecule has 0 aliphatic carbocycles. The standard InChI is InChI=1S/C11H18ClN3S.ClH/c1-8(13)9-2-4-15(5-3-9)7-11-14-6-10(12)16-11;/h6,8-9H,2-5,7,13H2,1H3;1H. The van der Waals surface area contributed by atoms with Crippen LogP contribution < -0.4 is 5.73 Å². The Morgan fingerprint density at radius 1 is 1.59 bits per heavy atom. The molecule has 0 bridgehead atoms. The molecule has 1 aromatic heterocycles. The maximum atomic E-state index is 5.92. The second kappa shape index (κ2) is 6.90. The van der Waals surface area contributed by atoms with Gasteiger partial charge in [0.1, 0.15) is 9.34 Å². The van der Waals surface area contributed by atoms with E-state index in [2.05, 4.69) is 16.8 Å². The predicted molar refractivity (Wildman–Crippen MR) is 76.0 cm³/mol. The van der Waals surface area contributed by atoms with Crippen LogP contribution in [0, 0.1) is 5.92 Å². The Labute approximate surface area is 118 Å². The summed E-state index contributed by atoms with van der Waals surface area (Å²) < 4.78 is 0.778. The van der Waals surface area contributed by atoms with Gasteiger partial charge in [0.2, 0.25) is 0 Å². The molecule has 6 heteroatoms. The molecule has 1 aliphatic heterocycles. The fourth-order valence-electron chi connectivity index (χ4n) is 2.19. The molecule has 2 heterocycles. The van der Waals surface area contributed by atoms with Crippen molar-refractivity contribution in [3.8, 4) is 0 Å². The smallest absolute Gasteiger partial charge is 0.113 e. The number of nitrogens with zero attached hydrogens (tertiary/aromatic N) is 2. The minimum absolute atomic E-state index is 0. The molecular formula is C11H19Cl2N3S. The summed E-state index contributed by atoms with van der Waals surface area (Å²) in [5.74, 6) is 0.691. The number of likely N-dealkylation sites (tertiary alicyclic amines) is 1. The van der Waals surface area contributed by atoms with Gasteiger partial charge in [0.05, 0.1) is 12.7 Å². The van der Waals surface area contributed by atoms with Crippen LogP contribution >= 0.6 is 35.3 Å². The summed E-state index contributed by atoms with van der Waals surface area (Å²) in [6, 6.07) is 0.330. The zero-order valence-corrected chi connectivity index (χ0v) is 12.3. The van der Waals surface area contributed by atoms with Gasteiger partial charge in [-0.1, -0.05) is 11.6 Å². The molecule has 3 nitrogen and oxygen atoms in total. The summed E-state index contributed by atoms with van der Waals surface area (Å²) in [6.07, 6.45) is 4.14. The van der Waals surface area contributed by atoms with Crippen LogP contribution in [0.3, 0.4) is 0 Å². The Hall–Kier alpha value is 0.130. The lowest BCUT2D eigenvalue weighted by Gasteiger charge is -2.33. The third-order valence-electron chi connectivity index (χ3n) is 3.26. The fourth-order valence-corrected chi connectivity index (χ4v) is 3.19. The van der Waals surface area contributed by atoms with Gasteiger partial charge < -0.3 is 5.73 Å². The number of rotatable bonds is 3. The van der Waals surface area contributed by atoms with Crippen LogP contribution in [0.4, 0.5) is 0 Å². The lowest BCUT2D eigenvalue weighted by atomic mass is 9.91. The predicted octanol–water partition coefficient (Wildman–Crippen LogP) is 2.78. The first-order chi connectivity index (χ1) is 7.65. The van der Waals surface area contributed by atoms with Gasteiger partial charge in [-0.25, -0.2) is 4.98 Å². The number of hydrogen-bond acceptors (Lipinski definition) is 4. The molecule has 0 aromatic carbocycles. The Morgan fingerprint density at radius 3 is 2.71 bits per heavy atom. The van der Waals surface area contributed by atoms with E-state index in [0.717, 1.165) is 29.0 Å². The van der Waals surface area contributed by atoms with Gasteiger partial charge in [0.25, 0.3) is 0 Å². The van der Waals surface area contributed by atoms with Gasteiger partial charge in [-0.15, -0.1) is 23.7 Å². The monoisotopic (exact) mass is 295 g/mol. The van der Waals surface area contributed by atoms with Crippen LogP contribution in [0.2, 0.25) is 4.34 Å². The first-order valence-electron chi connectivity index (χ1n) is 5.73. The number of halogens is 2. The van der Waals surface area contributed by atoms with E-state index in [1.807, 2.05) is 0 Å². The van der Waals surface area contributed by atoms with Crippen LogP contribution in [0.5, 0.6) is 0 Å². The Morgan fingerprint density at radius 2 is 2.24 bits per heavy atom. The third kappa shape index (κ3) is 4.38. The molecule has 1 unspecified atom stereocenters. The first-order valence-corrected chi connectivity index (χ1v) is 6.92. The molecule has 1 atom stereocenters. The van der Waals surface area contributed by atoms with E-state index in [9.17, 15) is 0 Å². The zero-order valence-electron chi connectivity index (χ0n) is 9.93. The van der Waals surface area contributed by atoms with E-state index < -0.39 is 0 Å². The molecule has 98 valence electrons. The Bertz CT molecular complexity index is 335. The highest BCUT2D eigenvalue weighted by Gasteiger charge is 2.22. The van der Waals surface area contributed by atoms with Crippen molar-refractivity contribution in [3.63, 3.8) is 0 Å². The highest BCUT2D eigenvalue weighted by molar-refractivity contribution is 7.15. The van der Waals surface area contributed by atoms with Crippen molar-refractivity contribution < 1.29 is 0 Å². The largest absolute Gasteiger partial charge is 0.328 e. The lowest BCUT2D eigenvalue weighted by molar-refractivity contribution is 0.165. The van der Waals surface area contributed by atoms with Crippen molar-refractivity contribution in [2.24, 2.45) is 11.7 Å². The van der Waals surface area contributed by atoms with Gasteiger partial charge in [0.15, 0.2) is 0 Å². The molecule has 1 fully saturated rings. The van der Waals surface area contributed by atoms with Crippen molar-refractivity contribution in [3.05, 3.63) is 15.5 Å². The van der Waals surface area contributed by atoms with Crippen molar-refractivity contribution in [2.75, 3.05) is 13.1 Å². The highest BCUT2D eigenvalue weighted by Crippen LogP contribution is 2.23. The molecule has 0 spiro atoms. The summed E-state index contributed by atoms with van der Waals surface area (Å²) >= 11 is 7.44. The van der Waals surface area contributed by atoms with E-state index in [4.69, 9.17) is 17.3 Å². The molecule has 1 aromatic rings. The number of nitrogens with two attached hydrogens (primary N) is 1. The number of hydrogen-bond donors (Lipinski definition) is 1. The van der Waals surface area contributed by atoms with Crippen molar-refractivity contribution in [1.29, 1.82) is 0 Å². The average Bonchev–Trinajstić information content (AvgIpc) is 2.65. The molecule has 2 rings (SSSR count). The summed E-state index contributed by atoms with van der Waals surface area (Å²) in [7, 11) is 0.